The lowest BCUT2D eigenvalue weighted by Crippen LogP contribution is -2.32. The summed E-state index contributed by atoms with van der Waals surface area (Å²) in [6, 6.07) is 2.14. The highest BCUT2D eigenvalue weighted by Crippen LogP contribution is 2.33. The zero-order chi connectivity index (χ0) is 14.6. The van der Waals surface area contributed by atoms with Gasteiger partial charge in [-0.15, -0.1) is 11.3 Å². The average molecular weight is 295 g/mol. The molecule has 1 saturated heterocycles. The molecule has 1 atom stereocenters. The maximum absolute atomic E-state index is 11.1. The first-order valence-corrected chi connectivity index (χ1v) is 7.73. The Bertz CT molecular complexity index is 497. The Morgan fingerprint density at radius 2 is 2.45 bits per heavy atom. The molecule has 1 aliphatic heterocycles. The summed E-state index contributed by atoms with van der Waals surface area (Å²) in [6.45, 7) is 6.37. The highest BCUT2D eigenvalue weighted by molar-refractivity contribution is 7.10. The van der Waals surface area contributed by atoms with Gasteiger partial charge in [0.1, 0.15) is 0 Å². The Kier molecular flexibility index (Phi) is 4.83. The average Bonchev–Trinajstić information content (AvgIpc) is 3.02. The van der Waals surface area contributed by atoms with Gasteiger partial charge in [-0.2, -0.15) is 0 Å². The second-order valence-corrected chi connectivity index (χ2v) is 6.39. The fourth-order valence-corrected chi connectivity index (χ4v) is 3.16. The number of likely N-dealkylation sites (tertiary alicyclic amines) is 1. The van der Waals surface area contributed by atoms with Crippen LogP contribution in [0.2, 0.25) is 0 Å². The maximum Gasteiger partial charge on any atom is 0.407 e. The predicted octanol–water partition coefficient (Wildman–Crippen LogP) is 3.48. The summed E-state index contributed by atoms with van der Waals surface area (Å²) in [6.07, 6.45) is 4.20. The molecule has 2 heterocycles. The zero-order valence-corrected chi connectivity index (χ0v) is 12.8. The van der Waals surface area contributed by atoms with Crippen LogP contribution in [0, 0.1) is 12.3 Å². The monoisotopic (exact) mass is 295 g/mol. The lowest BCUT2D eigenvalue weighted by molar-refractivity contribution is 0.0793. The number of nitrogens with zero attached hydrogens (tertiary/aromatic N) is 1. The first kappa shape index (κ1) is 15.1. The predicted molar refractivity (Wildman–Crippen MR) is 81.2 cm³/mol. The minimum absolute atomic E-state index is 0.190. The van der Waals surface area contributed by atoms with Crippen LogP contribution in [0.4, 0.5) is 4.79 Å². The van der Waals surface area contributed by atoms with Crippen molar-refractivity contribution in [3.8, 4) is 0 Å². The fraction of sp³-hybridized carbons (Fsp3) is 0.533. The van der Waals surface area contributed by atoms with Crippen molar-refractivity contribution in [2.75, 3.05) is 26.3 Å². The van der Waals surface area contributed by atoms with Crippen LogP contribution in [-0.4, -0.2) is 42.4 Å². The van der Waals surface area contributed by atoms with E-state index in [0.717, 1.165) is 6.42 Å². The van der Waals surface area contributed by atoms with Gasteiger partial charge in [0, 0.05) is 30.0 Å². The van der Waals surface area contributed by atoms with Gasteiger partial charge in [-0.1, -0.05) is 12.2 Å². The number of carboxylic acid groups (broad SMARTS) is 1. The van der Waals surface area contributed by atoms with Gasteiger partial charge < -0.3 is 14.7 Å². The Hall–Kier alpha value is -1.33. The molecule has 1 N–H and O–H groups in total. The summed E-state index contributed by atoms with van der Waals surface area (Å²) in [5, 5.41) is 11.2. The Balaban J connectivity index is 2.11. The second-order valence-electron chi connectivity index (χ2n) is 5.28. The first-order chi connectivity index (χ1) is 9.54. The van der Waals surface area contributed by atoms with Crippen molar-refractivity contribution in [2.45, 2.75) is 20.3 Å². The van der Waals surface area contributed by atoms with E-state index < -0.39 is 6.09 Å². The molecule has 0 bridgehead atoms. The Labute approximate surface area is 123 Å². The maximum atomic E-state index is 11.1. The molecule has 1 aromatic heterocycles. The van der Waals surface area contributed by atoms with Gasteiger partial charge in [-0.05, 0) is 37.3 Å². The molecule has 4 nitrogen and oxygen atoms in total. The van der Waals surface area contributed by atoms with Crippen molar-refractivity contribution in [1.82, 2.24) is 4.90 Å². The van der Waals surface area contributed by atoms with E-state index in [9.17, 15) is 4.79 Å². The highest BCUT2D eigenvalue weighted by Gasteiger charge is 2.38. The number of amides is 1. The molecule has 1 fully saturated rings. The number of carbonyl (C=O) groups is 1. The van der Waals surface area contributed by atoms with E-state index >= 15 is 0 Å². The van der Waals surface area contributed by atoms with Crippen LogP contribution in [0.1, 0.15) is 23.8 Å². The van der Waals surface area contributed by atoms with Crippen molar-refractivity contribution in [2.24, 2.45) is 5.41 Å². The topological polar surface area (TPSA) is 49.8 Å². The number of ether oxygens (including phenoxy) is 1. The molecule has 20 heavy (non-hydrogen) atoms. The smallest absolute Gasteiger partial charge is 0.407 e. The molecule has 5 heteroatoms. The van der Waals surface area contributed by atoms with Gasteiger partial charge in [0.05, 0.1) is 6.61 Å². The highest BCUT2D eigenvalue weighted by atomic mass is 32.1. The molecule has 0 saturated carbocycles. The molecular weight excluding hydrogens is 274 g/mol. The number of hydrogen-bond acceptors (Lipinski definition) is 3. The number of aryl methyl sites for hydroxylation is 1. The van der Waals surface area contributed by atoms with Crippen LogP contribution in [0.25, 0.3) is 6.08 Å². The quantitative estimate of drug-likeness (QED) is 0.905. The van der Waals surface area contributed by atoms with E-state index in [1.165, 1.54) is 15.3 Å². The van der Waals surface area contributed by atoms with Crippen molar-refractivity contribution in [3.05, 3.63) is 28.0 Å². The summed E-state index contributed by atoms with van der Waals surface area (Å²) in [5.41, 5.74) is 0.988. The van der Waals surface area contributed by atoms with E-state index in [1.54, 1.807) is 11.3 Å². The van der Waals surface area contributed by atoms with Crippen molar-refractivity contribution < 1.29 is 14.6 Å². The number of thiophene rings is 1. The molecule has 0 radical (unpaired) electrons. The second kappa shape index (κ2) is 6.41. The van der Waals surface area contributed by atoms with E-state index in [0.29, 0.717) is 26.3 Å². The van der Waals surface area contributed by atoms with Crippen LogP contribution < -0.4 is 0 Å². The summed E-state index contributed by atoms with van der Waals surface area (Å²) < 4.78 is 5.57. The molecule has 0 spiro atoms. The number of rotatable bonds is 5. The summed E-state index contributed by atoms with van der Waals surface area (Å²) in [4.78, 5) is 13.9. The van der Waals surface area contributed by atoms with Crippen LogP contribution in [0.3, 0.4) is 0 Å². The standard InChI is InChI=1S/C15H21NO3S/c1-3-19-11-15(6-7-16(10-15)14(17)18)5-4-13-8-12(2)20-9-13/h4-5,8-9H,3,6-7,10-11H2,1-2H3,(H,17,18)/b5-4+/t15-/m1/s1. The molecule has 0 aliphatic carbocycles. The summed E-state index contributed by atoms with van der Waals surface area (Å²) in [7, 11) is 0. The van der Waals surface area contributed by atoms with Gasteiger partial charge in [0.25, 0.3) is 0 Å². The van der Waals surface area contributed by atoms with Crippen molar-refractivity contribution in [3.63, 3.8) is 0 Å². The Morgan fingerprint density at radius 1 is 1.65 bits per heavy atom. The third-order valence-corrected chi connectivity index (χ3v) is 4.51. The molecule has 1 aliphatic rings. The first-order valence-electron chi connectivity index (χ1n) is 6.85. The molecule has 1 aromatic rings. The molecule has 0 aromatic carbocycles. The summed E-state index contributed by atoms with van der Waals surface area (Å²) >= 11 is 1.72. The van der Waals surface area contributed by atoms with Crippen molar-refractivity contribution in [1.29, 1.82) is 0 Å². The number of hydrogen-bond donors (Lipinski definition) is 1. The third-order valence-electron chi connectivity index (χ3n) is 3.63. The van der Waals surface area contributed by atoms with Gasteiger partial charge in [-0.25, -0.2) is 4.79 Å². The van der Waals surface area contributed by atoms with Crippen LogP contribution >= 0.6 is 11.3 Å². The van der Waals surface area contributed by atoms with Crippen LogP contribution in [0.5, 0.6) is 0 Å². The SMILES string of the molecule is CCOC[C@]1(/C=C/c2csc(C)c2)CCN(C(=O)O)C1. The molecular formula is C15H21NO3S. The largest absolute Gasteiger partial charge is 0.465 e. The van der Waals surface area contributed by atoms with Crippen LogP contribution in [0.15, 0.2) is 17.5 Å². The van der Waals surface area contributed by atoms with Gasteiger partial charge in [0.2, 0.25) is 0 Å². The van der Waals surface area contributed by atoms with Gasteiger partial charge in [-0.3, -0.25) is 0 Å². The molecule has 2 rings (SSSR count). The molecule has 1 amide bonds. The lowest BCUT2D eigenvalue weighted by Gasteiger charge is -2.24. The van der Waals surface area contributed by atoms with E-state index in [2.05, 4.69) is 30.5 Å². The third kappa shape index (κ3) is 3.61. The van der Waals surface area contributed by atoms with Gasteiger partial charge in [0.15, 0.2) is 0 Å². The van der Waals surface area contributed by atoms with E-state index in [1.807, 2.05) is 6.92 Å². The van der Waals surface area contributed by atoms with E-state index in [4.69, 9.17) is 9.84 Å². The zero-order valence-electron chi connectivity index (χ0n) is 12.0. The lowest BCUT2D eigenvalue weighted by atomic mass is 9.87. The molecule has 0 unspecified atom stereocenters. The minimum Gasteiger partial charge on any atom is -0.465 e. The van der Waals surface area contributed by atoms with E-state index in [-0.39, 0.29) is 5.41 Å². The van der Waals surface area contributed by atoms with Crippen molar-refractivity contribution >= 4 is 23.5 Å². The van der Waals surface area contributed by atoms with Crippen LogP contribution in [-0.2, 0) is 4.74 Å². The molecule has 110 valence electrons. The van der Waals surface area contributed by atoms with Gasteiger partial charge >= 0.3 is 6.09 Å². The Morgan fingerprint density at radius 3 is 3.00 bits per heavy atom. The summed E-state index contributed by atoms with van der Waals surface area (Å²) in [5.74, 6) is 0. The fourth-order valence-electron chi connectivity index (χ4n) is 2.49. The normalized spacial score (nSPS) is 22.8. The minimum atomic E-state index is -0.844.